The van der Waals surface area contributed by atoms with Gasteiger partial charge in [0.1, 0.15) is 6.61 Å². The van der Waals surface area contributed by atoms with Crippen LogP contribution in [0.4, 0.5) is 4.79 Å². The molecule has 0 aliphatic carbocycles. The van der Waals surface area contributed by atoms with E-state index in [-0.39, 0.29) is 41.7 Å². The average molecular weight is 440 g/mol. The quantitative estimate of drug-likeness (QED) is 0.564. The highest BCUT2D eigenvalue weighted by atomic mass is 35.5. The first kappa shape index (κ1) is 22.5. The number of amides is 1. The number of rotatable bonds is 9. The van der Waals surface area contributed by atoms with Crippen molar-refractivity contribution in [1.82, 2.24) is 5.32 Å². The third kappa shape index (κ3) is 7.63. The lowest BCUT2D eigenvalue weighted by Crippen LogP contribution is -2.37. The van der Waals surface area contributed by atoms with Gasteiger partial charge in [0.15, 0.2) is 0 Å². The Morgan fingerprint density at radius 3 is 2.24 bits per heavy atom. The normalized spacial score (nSPS) is 11.4. The molecular weight excluding hydrogens is 421 g/mol. The van der Waals surface area contributed by atoms with Gasteiger partial charge in [-0.15, -0.1) is 0 Å². The Morgan fingerprint density at radius 1 is 0.966 bits per heavy atom. The van der Waals surface area contributed by atoms with Crippen molar-refractivity contribution in [2.24, 2.45) is 0 Å². The molecule has 0 aliphatic heterocycles. The third-order valence-corrected chi connectivity index (χ3v) is 4.45. The summed E-state index contributed by atoms with van der Waals surface area (Å²) >= 11 is 11.9. The van der Waals surface area contributed by atoms with E-state index in [2.05, 4.69) is 5.32 Å². The van der Waals surface area contributed by atoms with Crippen LogP contribution < -0.4 is 5.32 Å². The van der Waals surface area contributed by atoms with Crippen LogP contribution in [0.3, 0.4) is 0 Å². The molecule has 0 aliphatic rings. The van der Waals surface area contributed by atoms with Gasteiger partial charge < -0.3 is 19.9 Å². The molecular formula is C20H19Cl2NO6. The summed E-state index contributed by atoms with van der Waals surface area (Å²) in [5, 5.41) is 11.8. The fourth-order valence-electron chi connectivity index (χ4n) is 2.43. The Bertz CT molecular complexity index is 839. The van der Waals surface area contributed by atoms with Crippen LogP contribution in [0.2, 0.25) is 10.0 Å². The number of esters is 1. The maximum Gasteiger partial charge on any atom is 0.407 e. The molecule has 0 radical (unpaired) electrons. The number of carbonyl (C=O) groups excluding carboxylic acids is 2. The molecule has 0 bridgehead atoms. The fraction of sp³-hybridized carbons (Fsp3) is 0.250. The standard InChI is InChI=1S/C20H19Cl2NO6/c21-15-7-4-8-16(22)18(15)19(26)28-10-9-14(11-17(24)25)23-20(27)29-12-13-5-2-1-3-6-13/h1-8,14H,9-12H2,(H,23,27)(H,24,25)/t14-/m1/s1. The summed E-state index contributed by atoms with van der Waals surface area (Å²) in [6, 6.07) is 12.8. The number of aliphatic carboxylic acids is 1. The van der Waals surface area contributed by atoms with E-state index in [1.54, 1.807) is 18.2 Å². The molecule has 154 valence electrons. The second-order valence-corrected chi connectivity index (χ2v) is 6.84. The number of carboxylic acid groups (broad SMARTS) is 1. The third-order valence-electron chi connectivity index (χ3n) is 3.82. The molecule has 0 saturated carbocycles. The lowest BCUT2D eigenvalue weighted by molar-refractivity contribution is -0.137. The number of halogens is 2. The summed E-state index contributed by atoms with van der Waals surface area (Å²) in [6.45, 7) is -0.0935. The molecule has 2 aromatic carbocycles. The van der Waals surface area contributed by atoms with Gasteiger partial charge in [0, 0.05) is 12.5 Å². The minimum absolute atomic E-state index is 0.0286. The van der Waals surface area contributed by atoms with Crippen molar-refractivity contribution >= 4 is 41.2 Å². The molecule has 29 heavy (non-hydrogen) atoms. The molecule has 0 fully saturated rings. The summed E-state index contributed by atoms with van der Waals surface area (Å²) in [5.41, 5.74) is 0.823. The summed E-state index contributed by atoms with van der Waals surface area (Å²) < 4.78 is 10.2. The van der Waals surface area contributed by atoms with E-state index in [0.29, 0.717) is 0 Å². The number of nitrogens with one attached hydrogen (secondary N) is 1. The summed E-state index contributed by atoms with van der Waals surface area (Å²) in [5.74, 6) is -1.85. The van der Waals surface area contributed by atoms with E-state index >= 15 is 0 Å². The van der Waals surface area contributed by atoms with Crippen LogP contribution in [-0.2, 0) is 20.9 Å². The van der Waals surface area contributed by atoms with Crippen LogP contribution in [0.1, 0.15) is 28.8 Å². The van der Waals surface area contributed by atoms with E-state index < -0.39 is 24.1 Å². The van der Waals surface area contributed by atoms with Gasteiger partial charge in [0.25, 0.3) is 0 Å². The van der Waals surface area contributed by atoms with E-state index in [0.717, 1.165) is 5.56 Å². The van der Waals surface area contributed by atoms with Crippen LogP contribution in [0.15, 0.2) is 48.5 Å². The summed E-state index contributed by atoms with van der Waals surface area (Å²) in [4.78, 5) is 35.1. The van der Waals surface area contributed by atoms with Gasteiger partial charge in [-0.05, 0) is 17.7 Å². The van der Waals surface area contributed by atoms with Gasteiger partial charge in [-0.2, -0.15) is 0 Å². The highest BCUT2D eigenvalue weighted by molar-refractivity contribution is 6.39. The molecule has 2 aromatic rings. The number of carboxylic acids is 1. The highest BCUT2D eigenvalue weighted by Crippen LogP contribution is 2.25. The van der Waals surface area contributed by atoms with Gasteiger partial charge >= 0.3 is 18.0 Å². The maximum atomic E-state index is 12.2. The second kappa shape index (κ2) is 11.3. The van der Waals surface area contributed by atoms with E-state index in [1.165, 1.54) is 12.1 Å². The monoisotopic (exact) mass is 439 g/mol. The Morgan fingerprint density at radius 2 is 1.62 bits per heavy atom. The predicted molar refractivity (Wildman–Crippen MR) is 107 cm³/mol. The highest BCUT2D eigenvalue weighted by Gasteiger charge is 2.20. The molecule has 1 amide bonds. The Labute approximate surface area is 177 Å². The van der Waals surface area contributed by atoms with Crippen LogP contribution in [-0.4, -0.2) is 35.8 Å². The number of hydrogen-bond acceptors (Lipinski definition) is 5. The van der Waals surface area contributed by atoms with Gasteiger partial charge in [0.05, 0.1) is 28.6 Å². The SMILES string of the molecule is O=C(O)C[C@@H](CCOC(=O)c1c(Cl)cccc1Cl)NC(=O)OCc1ccccc1. The maximum absolute atomic E-state index is 12.2. The van der Waals surface area contributed by atoms with Gasteiger partial charge in [-0.25, -0.2) is 9.59 Å². The first-order chi connectivity index (χ1) is 13.9. The molecule has 7 nitrogen and oxygen atoms in total. The first-order valence-electron chi connectivity index (χ1n) is 8.67. The topological polar surface area (TPSA) is 102 Å². The van der Waals surface area contributed by atoms with Crippen LogP contribution >= 0.6 is 23.2 Å². The van der Waals surface area contributed by atoms with Crippen LogP contribution in [0.25, 0.3) is 0 Å². The minimum Gasteiger partial charge on any atom is -0.481 e. The summed E-state index contributed by atoms with van der Waals surface area (Å²) in [6.07, 6.45) is -1.05. The zero-order valence-electron chi connectivity index (χ0n) is 15.3. The van der Waals surface area contributed by atoms with Crippen molar-refractivity contribution < 1.29 is 29.0 Å². The average Bonchev–Trinajstić information content (AvgIpc) is 2.66. The lowest BCUT2D eigenvalue weighted by atomic mass is 10.1. The molecule has 0 aromatic heterocycles. The second-order valence-electron chi connectivity index (χ2n) is 6.02. The van der Waals surface area contributed by atoms with E-state index in [9.17, 15) is 14.4 Å². The first-order valence-corrected chi connectivity index (χ1v) is 9.42. The van der Waals surface area contributed by atoms with Crippen molar-refractivity contribution in [3.63, 3.8) is 0 Å². The molecule has 0 unspecified atom stereocenters. The number of hydrogen-bond donors (Lipinski definition) is 2. The van der Waals surface area contributed by atoms with Crippen molar-refractivity contribution in [2.45, 2.75) is 25.5 Å². The number of alkyl carbamates (subject to hydrolysis) is 1. The minimum atomic E-state index is -1.11. The Hall–Kier alpha value is -2.77. The fourth-order valence-corrected chi connectivity index (χ4v) is 2.98. The van der Waals surface area contributed by atoms with Crippen molar-refractivity contribution in [3.8, 4) is 0 Å². The molecule has 0 saturated heterocycles. The molecule has 1 atom stereocenters. The lowest BCUT2D eigenvalue weighted by Gasteiger charge is -2.17. The zero-order chi connectivity index (χ0) is 21.2. The van der Waals surface area contributed by atoms with Gasteiger partial charge in [0.2, 0.25) is 0 Å². The number of benzene rings is 2. The molecule has 2 N–H and O–H groups in total. The molecule has 0 spiro atoms. The van der Waals surface area contributed by atoms with Crippen molar-refractivity contribution in [1.29, 1.82) is 0 Å². The largest absolute Gasteiger partial charge is 0.481 e. The van der Waals surface area contributed by atoms with E-state index in [1.807, 2.05) is 18.2 Å². The smallest absolute Gasteiger partial charge is 0.407 e. The van der Waals surface area contributed by atoms with Crippen LogP contribution in [0, 0.1) is 0 Å². The van der Waals surface area contributed by atoms with Crippen molar-refractivity contribution in [2.75, 3.05) is 6.61 Å². The van der Waals surface area contributed by atoms with Gasteiger partial charge in [-0.1, -0.05) is 59.6 Å². The Kier molecular flexibility index (Phi) is 8.76. The van der Waals surface area contributed by atoms with Crippen LogP contribution in [0.5, 0.6) is 0 Å². The molecule has 9 heteroatoms. The van der Waals surface area contributed by atoms with E-state index in [4.69, 9.17) is 37.8 Å². The number of carbonyl (C=O) groups is 3. The predicted octanol–water partition coefficient (Wildman–Crippen LogP) is 4.31. The van der Waals surface area contributed by atoms with Gasteiger partial charge in [-0.3, -0.25) is 4.79 Å². The Balaban J connectivity index is 1.85. The number of ether oxygens (including phenoxy) is 2. The van der Waals surface area contributed by atoms with Crippen molar-refractivity contribution in [3.05, 3.63) is 69.7 Å². The zero-order valence-corrected chi connectivity index (χ0v) is 16.8. The molecule has 2 rings (SSSR count). The molecule has 0 heterocycles. The summed E-state index contributed by atoms with van der Waals surface area (Å²) in [7, 11) is 0.